The van der Waals surface area contributed by atoms with Crippen molar-refractivity contribution in [2.75, 3.05) is 6.54 Å². The highest BCUT2D eigenvalue weighted by molar-refractivity contribution is 5.79. The molecule has 8 heteroatoms. The number of hydrogen-bond acceptors (Lipinski definition) is 4. The van der Waals surface area contributed by atoms with Crippen LogP contribution in [0.25, 0.3) is 5.57 Å². The van der Waals surface area contributed by atoms with Crippen molar-refractivity contribution >= 4 is 11.7 Å². The van der Waals surface area contributed by atoms with Crippen molar-refractivity contribution in [2.24, 2.45) is 0 Å². The molecule has 1 aliphatic rings. The third kappa shape index (κ3) is 4.30. The molecule has 0 aromatic carbocycles. The second kappa shape index (κ2) is 6.02. The van der Waals surface area contributed by atoms with Crippen LogP contribution in [0.5, 0.6) is 0 Å². The van der Waals surface area contributed by atoms with Crippen LogP contribution in [0.15, 0.2) is 30.6 Å². The summed E-state index contributed by atoms with van der Waals surface area (Å²) in [5.74, 6) is 0. The first-order valence-corrected chi connectivity index (χ1v) is 6.85. The Morgan fingerprint density at radius 1 is 1.30 bits per heavy atom. The maximum absolute atomic E-state index is 13.0. The van der Waals surface area contributed by atoms with E-state index >= 15 is 0 Å². The summed E-state index contributed by atoms with van der Waals surface area (Å²) in [6.45, 7) is 5.31. The second-order valence-corrected chi connectivity index (χ2v) is 5.90. The number of ether oxygens (including phenoxy) is 1. The number of aromatic nitrogens is 2. The lowest BCUT2D eigenvalue weighted by Crippen LogP contribution is -2.34. The van der Waals surface area contributed by atoms with E-state index < -0.39 is 23.6 Å². The molecule has 0 spiro atoms. The molecule has 0 aliphatic carbocycles. The minimum atomic E-state index is -4.60. The van der Waals surface area contributed by atoms with Crippen LogP contribution in [0, 0.1) is 0 Å². The zero-order chi connectivity index (χ0) is 17.3. The van der Waals surface area contributed by atoms with E-state index in [-0.39, 0.29) is 12.1 Å². The Hall–Kier alpha value is -2.38. The molecule has 2 rings (SSSR count). The summed E-state index contributed by atoms with van der Waals surface area (Å²) in [5.41, 5.74) is -1.45. The molecule has 0 saturated heterocycles. The average molecular weight is 327 g/mol. The second-order valence-electron chi connectivity index (χ2n) is 5.90. The van der Waals surface area contributed by atoms with Gasteiger partial charge in [-0.3, -0.25) is 4.90 Å². The Labute approximate surface area is 131 Å². The first kappa shape index (κ1) is 17.0. The summed E-state index contributed by atoms with van der Waals surface area (Å²) in [6.07, 6.45) is 0.354. The summed E-state index contributed by atoms with van der Waals surface area (Å²) in [4.78, 5) is 13.2. The molecule has 1 amide bonds. The van der Waals surface area contributed by atoms with Gasteiger partial charge in [0.05, 0.1) is 6.20 Å². The van der Waals surface area contributed by atoms with Gasteiger partial charge in [0.15, 0.2) is 5.69 Å². The first-order chi connectivity index (χ1) is 10.6. The molecule has 2 heterocycles. The SMILES string of the molecule is CC(C)(C)OC(=O)N1C=CC(c2ccnnc2C(F)(F)F)=CC1. The maximum atomic E-state index is 13.0. The van der Waals surface area contributed by atoms with E-state index in [1.165, 1.54) is 35.5 Å². The van der Waals surface area contributed by atoms with Crippen molar-refractivity contribution in [3.8, 4) is 0 Å². The molecule has 1 aliphatic heterocycles. The molecule has 0 atom stereocenters. The Bertz CT molecular complexity index is 661. The van der Waals surface area contributed by atoms with E-state index in [1.807, 2.05) is 0 Å². The number of carbonyl (C=O) groups excluding carboxylic acids is 1. The van der Waals surface area contributed by atoms with Crippen LogP contribution in [0.2, 0.25) is 0 Å². The van der Waals surface area contributed by atoms with Crippen LogP contribution in [0.3, 0.4) is 0 Å². The number of alkyl halides is 3. The summed E-state index contributed by atoms with van der Waals surface area (Å²) < 4.78 is 44.1. The highest BCUT2D eigenvalue weighted by Gasteiger charge is 2.36. The Morgan fingerprint density at radius 3 is 2.52 bits per heavy atom. The molecule has 5 nitrogen and oxygen atoms in total. The Morgan fingerprint density at radius 2 is 2.00 bits per heavy atom. The molecule has 0 unspecified atom stereocenters. The van der Waals surface area contributed by atoms with Crippen LogP contribution in [-0.4, -0.2) is 33.3 Å². The van der Waals surface area contributed by atoms with Gasteiger partial charge in [-0.15, -0.1) is 5.10 Å². The number of halogens is 3. The van der Waals surface area contributed by atoms with Crippen LogP contribution in [0.4, 0.5) is 18.0 Å². The van der Waals surface area contributed by atoms with Gasteiger partial charge in [-0.25, -0.2) is 4.79 Å². The van der Waals surface area contributed by atoms with Gasteiger partial charge in [0.1, 0.15) is 5.60 Å². The molecular weight excluding hydrogens is 311 g/mol. The van der Waals surface area contributed by atoms with E-state index in [1.54, 1.807) is 20.8 Å². The highest BCUT2D eigenvalue weighted by Crippen LogP contribution is 2.33. The number of nitrogens with zero attached hydrogens (tertiary/aromatic N) is 3. The van der Waals surface area contributed by atoms with Gasteiger partial charge in [0, 0.05) is 18.3 Å². The molecular formula is C15H16F3N3O2. The minimum absolute atomic E-state index is 0.0763. The summed E-state index contributed by atoms with van der Waals surface area (Å²) >= 11 is 0. The van der Waals surface area contributed by atoms with Gasteiger partial charge >= 0.3 is 12.3 Å². The number of amides is 1. The number of rotatable bonds is 1. The molecule has 1 aromatic heterocycles. The van der Waals surface area contributed by atoms with E-state index in [0.29, 0.717) is 5.57 Å². The molecule has 0 radical (unpaired) electrons. The van der Waals surface area contributed by atoms with E-state index in [0.717, 1.165) is 0 Å². The monoisotopic (exact) mass is 327 g/mol. The fourth-order valence-corrected chi connectivity index (χ4v) is 1.93. The zero-order valence-electron chi connectivity index (χ0n) is 12.9. The minimum Gasteiger partial charge on any atom is -0.443 e. The molecule has 23 heavy (non-hydrogen) atoms. The molecule has 0 bridgehead atoms. The third-order valence-electron chi connectivity index (χ3n) is 2.87. The first-order valence-electron chi connectivity index (χ1n) is 6.85. The number of hydrogen-bond donors (Lipinski definition) is 0. The van der Waals surface area contributed by atoms with Crippen molar-refractivity contribution in [1.82, 2.24) is 15.1 Å². The molecule has 1 aromatic rings. The van der Waals surface area contributed by atoms with Gasteiger partial charge in [-0.2, -0.15) is 18.3 Å². The quantitative estimate of drug-likeness (QED) is 0.790. The van der Waals surface area contributed by atoms with E-state index in [4.69, 9.17) is 4.74 Å². The smallest absolute Gasteiger partial charge is 0.435 e. The fraction of sp³-hybridized carbons (Fsp3) is 0.400. The Balaban J connectivity index is 2.18. The lowest BCUT2D eigenvalue weighted by molar-refractivity contribution is -0.141. The van der Waals surface area contributed by atoms with Gasteiger partial charge in [-0.05, 0) is 38.5 Å². The maximum Gasteiger partial charge on any atom is 0.435 e. The zero-order valence-corrected chi connectivity index (χ0v) is 12.9. The number of allylic oxidation sites excluding steroid dienone is 2. The van der Waals surface area contributed by atoms with Crippen LogP contribution >= 0.6 is 0 Å². The highest BCUT2D eigenvalue weighted by atomic mass is 19.4. The van der Waals surface area contributed by atoms with Crippen molar-refractivity contribution in [2.45, 2.75) is 32.5 Å². The summed E-state index contributed by atoms with van der Waals surface area (Å²) in [5, 5.41) is 6.46. The molecule has 0 N–H and O–H groups in total. The van der Waals surface area contributed by atoms with Crippen LogP contribution in [0.1, 0.15) is 32.0 Å². The molecule has 0 fully saturated rings. The lowest BCUT2D eigenvalue weighted by atomic mass is 10.0. The van der Waals surface area contributed by atoms with Crippen LogP contribution in [-0.2, 0) is 10.9 Å². The van der Waals surface area contributed by atoms with Crippen LogP contribution < -0.4 is 0 Å². The number of carbonyl (C=O) groups is 1. The van der Waals surface area contributed by atoms with E-state index in [9.17, 15) is 18.0 Å². The standard InChI is InChI=1S/C15H16F3N3O2/c1-14(2,3)23-13(22)21-8-5-10(6-9-21)11-4-7-19-20-12(11)15(16,17)18/h4-8H,9H2,1-3H3. The predicted octanol–water partition coefficient (Wildman–Crippen LogP) is 3.64. The lowest BCUT2D eigenvalue weighted by Gasteiger charge is -2.26. The van der Waals surface area contributed by atoms with Gasteiger partial charge < -0.3 is 4.74 Å². The third-order valence-corrected chi connectivity index (χ3v) is 2.87. The van der Waals surface area contributed by atoms with Crippen molar-refractivity contribution in [1.29, 1.82) is 0 Å². The van der Waals surface area contributed by atoms with Crippen molar-refractivity contribution in [3.63, 3.8) is 0 Å². The normalized spacial score (nSPS) is 15.4. The van der Waals surface area contributed by atoms with Crippen molar-refractivity contribution < 1.29 is 22.7 Å². The largest absolute Gasteiger partial charge is 0.443 e. The molecule has 0 saturated carbocycles. The summed E-state index contributed by atoms with van der Waals surface area (Å²) in [6, 6.07) is 1.25. The van der Waals surface area contributed by atoms with Gasteiger partial charge in [0.2, 0.25) is 0 Å². The van der Waals surface area contributed by atoms with E-state index in [2.05, 4.69) is 10.2 Å². The van der Waals surface area contributed by atoms with Crippen molar-refractivity contribution in [3.05, 3.63) is 41.9 Å². The van der Waals surface area contributed by atoms with Gasteiger partial charge in [-0.1, -0.05) is 6.08 Å². The topological polar surface area (TPSA) is 55.3 Å². The summed E-state index contributed by atoms with van der Waals surface area (Å²) in [7, 11) is 0. The van der Waals surface area contributed by atoms with Gasteiger partial charge in [0.25, 0.3) is 0 Å². The Kier molecular flexibility index (Phi) is 4.44. The molecule has 124 valence electrons. The fourth-order valence-electron chi connectivity index (χ4n) is 1.93. The predicted molar refractivity (Wildman–Crippen MR) is 77.1 cm³/mol. The average Bonchev–Trinajstić information content (AvgIpc) is 2.45.